The predicted octanol–water partition coefficient (Wildman–Crippen LogP) is 4.49. The molecule has 1 atom stereocenters. The van der Waals surface area contributed by atoms with Gasteiger partial charge in [-0.3, -0.25) is 0 Å². The van der Waals surface area contributed by atoms with E-state index in [0.717, 1.165) is 68.3 Å². The van der Waals surface area contributed by atoms with Crippen LogP contribution < -0.4 is 4.74 Å². The van der Waals surface area contributed by atoms with Crippen LogP contribution in [0.25, 0.3) is 0 Å². The first-order valence-electron chi connectivity index (χ1n) is 12.6. The number of benzene rings is 1. The summed E-state index contributed by atoms with van der Waals surface area (Å²) in [5, 5.41) is 0. The Labute approximate surface area is 187 Å². The van der Waals surface area contributed by atoms with E-state index in [1.807, 2.05) is 0 Å². The molecule has 1 saturated carbocycles. The van der Waals surface area contributed by atoms with Gasteiger partial charge in [0.15, 0.2) is 0 Å². The Morgan fingerprint density at radius 3 is 2.52 bits per heavy atom. The van der Waals surface area contributed by atoms with Crippen LogP contribution in [0.15, 0.2) is 29.3 Å². The van der Waals surface area contributed by atoms with E-state index in [1.165, 1.54) is 58.2 Å². The van der Waals surface area contributed by atoms with E-state index in [-0.39, 0.29) is 5.54 Å². The van der Waals surface area contributed by atoms with Crippen molar-refractivity contribution >= 4 is 5.90 Å². The number of piperidine rings is 1. The smallest absolute Gasteiger partial charge is 0.216 e. The second-order valence-electron chi connectivity index (χ2n) is 10.2. The highest BCUT2D eigenvalue weighted by Gasteiger charge is 2.41. The normalized spacial score (nSPS) is 27.0. The zero-order valence-electron chi connectivity index (χ0n) is 19.2. The Hall–Kier alpha value is -1.59. The van der Waals surface area contributed by atoms with Gasteiger partial charge in [-0.2, -0.15) is 0 Å². The van der Waals surface area contributed by atoms with Crippen molar-refractivity contribution in [3.63, 3.8) is 0 Å². The van der Waals surface area contributed by atoms with E-state index < -0.39 is 0 Å². The maximum Gasteiger partial charge on any atom is 0.216 e. The van der Waals surface area contributed by atoms with E-state index in [1.54, 1.807) is 0 Å². The monoisotopic (exact) mass is 425 g/mol. The molecule has 0 aromatic heterocycles. The van der Waals surface area contributed by atoms with E-state index >= 15 is 0 Å². The van der Waals surface area contributed by atoms with Crippen LogP contribution in [0.5, 0.6) is 5.75 Å². The minimum atomic E-state index is 0.00627. The van der Waals surface area contributed by atoms with Gasteiger partial charge in [-0.15, -0.1) is 0 Å². The van der Waals surface area contributed by atoms with Crippen molar-refractivity contribution < 1.29 is 9.47 Å². The molecule has 3 heterocycles. The fourth-order valence-electron chi connectivity index (χ4n) is 5.94. The molecule has 0 radical (unpaired) electrons. The first kappa shape index (κ1) is 21.3. The molecule has 0 N–H and O–H groups in total. The van der Waals surface area contributed by atoms with Crippen molar-refractivity contribution in [1.82, 2.24) is 9.80 Å². The molecule has 1 aliphatic carbocycles. The average Bonchev–Trinajstić information content (AvgIpc) is 3.55. The molecule has 4 aliphatic rings. The van der Waals surface area contributed by atoms with Crippen LogP contribution in [0.3, 0.4) is 0 Å². The van der Waals surface area contributed by atoms with Crippen LogP contribution in [0, 0.1) is 0 Å². The summed E-state index contributed by atoms with van der Waals surface area (Å²) in [7, 11) is 0. The van der Waals surface area contributed by atoms with Gasteiger partial charge >= 0.3 is 0 Å². The van der Waals surface area contributed by atoms with Crippen molar-refractivity contribution in [1.29, 1.82) is 0 Å². The summed E-state index contributed by atoms with van der Waals surface area (Å²) < 4.78 is 12.1. The van der Waals surface area contributed by atoms with Crippen molar-refractivity contribution in [2.75, 3.05) is 39.4 Å². The standard InChI is InChI=1S/C26H39N3O2/c1-21-6-4-15-28(21)16-5-19-30-24-11-9-22(10-12-24)25-27-26(20-31-25)13-17-29(18-14-26)23-7-2-3-8-23/h9-12,21,23H,2-8,13-20H2,1H3. The highest BCUT2D eigenvalue weighted by atomic mass is 16.5. The quantitative estimate of drug-likeness (QED) is 0.603. The number of rotatable bonds is 7. The molecular formula is C26H39N3O2. The average molecular weight is 426 g/mol. The van der Waals surface area contributed by atoms with Gasteiger partial charge in [-0.05, 0) is 82.7 Å². The second-order valence-corrected chi connectivity index (χ2v) is 10.2. The van der Waals surface area contributed by atoms with Crippen molar-refractivity contribution in [3.8, 4) is 5.75 Å². The van der Waals surface area contributed by atoms with Crippen LogP contribution in [0.4, 0.5) is 0 Å². The van der Waals surface area contributed by atoms with Crippen molar-refractivity contribution in [2.45, 2.75) is 82.3 Å². The summed E-state index contributed by atoms with van der Waals surface area (Å²) in [5.74, 6) is 1.76. The van der Waals surface area contributed by atoms with Gasteiger partial charge in [0.25, 0.3) is 0 Å². The van der Waals surface area contributed by atoms with Crippen LogP contribution in [-0.4, -0.2) is 72.7 Å². The molecule has 1 aromatic carbocycles. The van der Waals surface area contributed by atoms with Crippen LogP contribution >= 0.6 is 0 Å². The van der Waals surface area contributed by atoms with Gasteiger partial charge in [0.2, 0.25) is 5.90 Å². The highest BCUT2D eigenvalue weighted by molar-refractivity contribution is 5.95. The van der Waals surface area contributed by atoms with Crippen molar-refractivity contribution in [3.05, 3.63) is 29.8 Å². The van der Waals surface area contributed by atoms with Gasteiger partial charge < -0.3 is 19.3 Å². The first-order valence-corrected chi connectivity index (χ1v) is 12.6. The van der Waals surface area contributed by atoms with Crippen LogP contribution in [0.1, 0.15) is 70.3 Å². The highest BCUT2D eigenvalue weighted by Crippen LogP contribution is 2.35. The minimum Gasteiger partial charge on any atom is -0.494 e. The summed E-state index contributed by atoms with van der Waals surface area (Å²) in [6, 6.07) is 9.90. The van der Waals surface area contributed by atoms with Gasteiger partial charge in [-0.1, -0.05) is 12.8 Å². The SMILES string of the molecule is CC1CCCN1CCCOc1ccc(C2=NC3(CCN(C4CCCC4)CC3)CO2)cc1. The molecule has 3 fully saturated rings. The number of hydrogen-bond acceptors (Lipinski definition) is 5. The van der Waals surface area contributed by atoms with Gasteiger partial charge in [-0.25, -0.2) is 4.99 Å². The summed E-state index contributed by atoms with van der Waals surface area (Å²) >= 11 is 0. The van der Waals surface area contributed by atoms with E-state index in [2.05, 4.69) is 41.0 Å². The van der Waals surface area contributed by atoms with Crippen LogP contribution in [0.2, 0.25) is 0 Å². The second kappa shape index (κ2) is 9.50. The molecule has 1 spiro atoms. The summed E-state index contributed by atoms with van der Waals surface area (Å²) in [6.45, 7) is 8.60. The predicted molar refractivity (Wildman–Crippen MR) is 125 cm³/mol. The topological polar surface area (TPSA) is 37.3 Å². The lowest BCUT2D eigenvalue weighted by Gasteiger charge is -2.39. The Balaban J connectivity index is 1.10. The Bertz CT molecular complexity index is 748. The number of nitrogens with zero attached hydrogens (tertiary/aromatic N) is 3. The third-order valence-electron chi connectivity index (χ3n) is 8.04. The molecule has 1 unspecified atom stereocenters. The Kier molecular flexibility index (Phi) is 6.51. The van der Waals surface area contributed by atoms with Crippen LogP contribution in [-0.2, 0) is 4.74 Å². The maximum absolute atomic E-state index is 6.08. The minimum absolute atomic E-state index is 0.00627. The lowest BCUT2D eigenvalue weighted by molar-refractivity contribution is 0.103. The molecule has 2 saturated heterocycles. The van der Waals surface area contributed by atoms with E-state index in [9.17, 15) is 0 Å². The zero-order chi connectivity index (χ0) is 21.1. The Morgan fingerprint density at radius 1 is 1.03 bits per heavy atom. The number of hydrogen-bond donors (Lipinski definition) is 0. The summed E-state index contributed by atoms with van der Waals surface area (Å²) in [6.07, 6.45) is 11.6. The van der Waals surface area contributed by atoms with Gasteiger partial charge in [0, 0.05) is 37.3 Å². The maximum atomic E-state index is 6.08. The van der Waals surface area contributed by atoms with E-state index in [4.69, 9.17) is 14.5 Å². The molecule has 5 nitrogen and oxygen atoms in total. The van der Waals surface area contributed by atoms with E-state index in [0.29, 0.717) is 0 Å². The largest absolute Gasteiger partial charge is 0.494 e. The number of ether oxygens (including phenoxy) is 2. The first-order chi connectivity index (χ1) is 15.2. The number of likely N-dealkylation sites (tertiary alicyclic amines) is 2. The summed E-state index contributed by atoms with van der Waals surface area (Å²) in [4.78, 5) is 10.4. The fourth-order valence-corrected chi connectivity index (χ4v) is 5.94. The molecule has 3 aliphatic heterocycles. The lowest BCUT2D eigenvalue weighted by atomic mass is 9.88. The molecular weight excluding hydrogens is 386 g/mol. The molecule has 170 valence electrons. The van der Waals surface area contributed by atoms with Gasteiger partial charge in [0.05, 0.1) is 6.61 Å². The molecule has 5 rings (SSSR count). The lowest BCUT2D eigenvalue weighted by Crippen LogP contribution is -2.47. The Morgan fingerprint density at radius 2 is 1.81 bits per heavy atom. The third-order valence-corrected chi connectivity index (χ3v) is 8.04. The summed E-state index contributed by atoms with van der Waals surface area (Å²) in [5.41, 5.74) is 1.08. The van der Waals surface area contributed by atoms with Gasteiger partial charge in [0.1, 0.15) is 17.9 Å². The molecule has 31 heavy (non-hydrogen) atoms. The third kappa shape index (κ3) is 4.93. The fraction of sp³-hybridized carbons (Fsp3) is 0.731. The molecule has 0 amide bonds. The number of aliphatic imine (C=N–C) groups is 1. The molecule has 1 aromatic rings. The molecule has 5 heteroatoms. The molecule has 0 bridgehead atoms. The van der Waals surface area contributed by atoms with Crippen molar-refractivity contribution in [2.24, 2.45) is 4.99 Å². The zero-order valence-corrected chi connectivity index (χ0v) is 19.2.